The molecule has 0 atom stereocenters. The van der Waals surface area contributed by atoms with Crippen LogP contribution < -0.4 is 14.9 Å². The number of hydrogen-bond acceptors (Lipinski definition) is 7. The number of benzene rings is 3. The SMILES string of the molecule is O=C(COc1c(Br)cc(Br)c(Cl)c1Br)N/N=C\c1ccc(OC(=O)c2ccc([N+](=O)[O-])cc2)c(Br)c1. The second kappa shape index (κ2) is 12.8. The number of ether oxygens (including phenoxy) is 2. The Kier molecular flexibility index (Phi) is 10.0. The van der Waals surface area contributed by atoms with E-state index in [1.165, 1.54) is 36.5 Å². The van der Waals surface area contributed by atoms with Crippen LogP contribution in [0.2, 0.25) is 5.02 Å². The highest BCUT2D eigenvalue weighted by molar-refractivity contribution is 9.11. The fraction of sp³-hybridized carbons (Fsp3) is 0.0455. The van der Waals surface area contributed by atoms with E-state index >= 15 is 0 Å². The molecule has 0 aliphatic carbocycles. The molecule has 3 aromatic carbocycles. The smallest absolute Gasteiger partial charge is 0.343 e. The molecule has 1 amide bonds. The van der Waals surface area contributed by atoms with Crippen LogP contribution >= 0.6 is 75.3 Å². The van der Waals surface area contributed by atoms with E-state index in [0.717, 1.165) is 0 Å². The standard InChI is InChI=1S/C22H12Br4ClN3O6/c23-14-7-11(1-6-17(14)36-22(32)12-2-4-13(5-3-12)30(33)34)9-28-29-18(31)10-35-21-16(25)8-15(24)20(27)19(21)26/h1-9H,10H2,(H,29,31)/b28-9-. The summed E-state index contributed by atoms with van der Waals surface area (Å²) < 4.78 is 13.0. The first-order valence-electron chi connectivity index (χ1n) is 9.60. The van der Waals surface area contributed by atoms with Crippen LogP contribution in [0.5, 0.6) is 11.5 Å². The lowest BCUT2D eigenvalue weighted by molar-refractivity contribution is -0.384. The second-order valence-electron chi connectivity index (χ2n) is 6.76. The highest BCUT2D eigenvalue weighted by Gasteiger charge is 2.16. The Morgan fingerprint density at radius 2 is 1.72 bits per heavy atom. The number of nitrogens with one attached hydrogen (secondary N) is 1. The van der Waals surface area contributed by atoms with Gasteiger partial charge in [-0.15, -0.1) is 0 Å². The predicted molar refractivity (Wildman–Crippen MR) is 148 cm³/mol. The van der Waals surface area contributed by atoms with Crippen LogP contribution in [0, 0.1) is 10.1 Å². The van der Waals surface area contributed by atoms with E-state index in [0.29, 0.717) is 34.2 Å². The molecule has 0 aliphatic rings. The molecule has 0 saturated heterocycles. The molecule has 186 valence electrons. The zero-order valence-electron chi connectivity index (χ0n) is 17.6. The molecule has 0 fully saturated rings. The number of nitrogens with zero attached hydrogens (tertiary/aromatic N) is 2. The van der Waals surface area contributed by atoms with E-state index in [1.807, 2.05) is 0 Å². The molecular weight excluding hydrogens is 757 g/mol. The van der Waals surface area contributed by atoms with Crippen LogP contribution in [0.4, 0.5) is 5.69 Å². The number of nitro groups is 1. The van der Waals surface area contributed by atoms with E-state index in [1.54, 1.807) is 18.2 Å². The van der Waals surface area contributed by atoms with Gasteiger partial charge in [0, 0.05) is 16.6 Å². The number of amides is 1. The van der Waals surface area contributed by atoms with Crippen molar-refractivity contribution in [2.45, 2.75) is 0 Å². The number of hydrogen-bond donors (Lipinski definition) is 1. The lowest BCUT2D eigenvalue weighted by atomic mass is 10.2. The Morgan fingerprint density at radius 1 is 1.03 bits per heavy atom. The Balaban J connectivity index is 1.55. The first-order chi connectivity index (χ1) is 17.1. The third-order valence-electron chi connectivity index (χ3n) is 4.29. The van der Waals surface area contributed by atoms with Crippen LogP contribution in [0.1, 0.15) is 15.9 Å². The zero-order valence-corrected chi connectivity index (χ0v) is 24.7. The van der Waals surface area contributed by atoms with Gasteiger partial charge < -0.3 is 9.47 Å². The van der Waals surface area contributed by atoms with Gasteiger partial charge >= 0.3 is 5.97 Å². The first-order valence-corrected chi connectivity index (χ1v) is 13.2. The van der Waals surface area contributed by atoms with Crippen LogP contribution in [-0.4, -0.2) is 29.6 Å². The molecule has 0 spiro atoms. The molecule has 1 N–H and O–H groups in total. The van der Waals surface area contributed by atoms with Gasteiger partial charge in [-0.3, -0.25) is 14.9 Å². The fourth-order valence-corrected chi connectivity index (χ4v) is 5.56. The van der Waals surface area contributed by atoms with Crippen LogP contribution in [-0.2, 0) is 4.79 Å². The van der Waals surface area contributed by atoms with Crippen molar-refractivity contribution >= 4 is 99.1 Å². The van der Waals surface area contributed by atoms with Crippen molar-refractivity contribution in [1.82, 2.24) is 5.43 Å². The molecule has 0 aliphatic heterocycles. The van der Waals surface area contributed by atoms with Crippen molar-refractivity contribution in [1.29, 1.82) is 0 Å². The zero-order chi connectivity index (χ0) is 26.4. The van der Waals surface area contributed by atoms with Gasteiger partial charge in [-0.2, -0.15) is 5.10 Å². The highest BCUT2D eigenvalue weighted by atomic mass is 79.9. The molecule has 9 nitrogen and oxygen atoms in total. The van der Waals surface area contributed by atoms with Gasteiger partial charge in [-0.25, -0.2) is 10.2 Å². The molecule has 0 heterocycles. The number of carbonyl (C=O) groups is 2. The van der Waals surface area contributed by atoms with E-state index in [4.69, 9.17) is 21.1 Å². The molecule has 3 aromatic rings. The molecule has 3 rings (SSSR count). The molecule has 0 saturated carbocycles. The summed E-state index contributed by atoms with van der Waals surface area (Å²) >= 11 is 19.4. The Labute approximate surface area is 242 Å². The van der Waals surface area contributed by atoms with Gasteiger partial charge in [0.1, 0.15) is 11.5 Å². The minimum atomic E-state index is -0.676. The van der Waals surface area contributed by atoms with Crippen LogP contribution in [0.3, 0.4) is 0 Å². The Morgan fingerprint density at radius 3 is 2.36 bits per heavy atom. The summed E-state index contributed by atoms with van der Waals surface area (Å²) in [4.78, 5) is 34.6. The summed E-state index contributed by atoms with van der Waals surface area (Å²) in [6.45, 7) is -0.312. The lowest BCUT2D eigenvalue weighted by Gasteiger charge is -2.11. The quantitative estimate of drug-likeness (QED) is 0.0499. The molecular formula is C22H12Br4ClN3O6. The van der Waals surface area contributed by atoms with Crippen molar-refractivity contribution in [3.8, 4) is 11.5 Å². The highest BCUT2D eigenvalue weighted by Crippen LogP contribution is 2.42. The lowest BCUT2D eigenvalue weighted by Crippen LogP contribution is -2.24. The maximum atomic E-state index is 12.3. The van der Waals surface area contributed by atoms with Crippen molar-refractivity contribution < 1.29 is 24.0 Å². The van der Waals surface area contributed by atoms with Gasteiger partial charge in [-0.1, -0.05) is 11.6 Å². The van der Waals surface area contributed by atoms with Crippen LogP contribution in [0.25, 0.3) is 0 Å². The van der Waals surface area contributed by atoms with Crippen molar-refractivity contribution in [2.24, 2.45) is 5.10 Å². The van der Waals surface area contributed by atoms with Gasteiger partial charge in [0.05, 0.1) is 35.1 Å². The summed E-state index contributed by atoms with van der Waals surface area (Å²) in [6, 6.07) is 11.5. The number of hydrazone groups is 1. The maximum Gasteiger partial charge on any atom is 0.343 e. The fourth-order valence-electron chi connectivity index (χ4n) is 2.59. The summed E-state index contributed by atoms with van der Waals surface area (Å²) in [5.74, 6) is -0.580. The summed E-state index contributed by atoms with van der Waals surface area (Å²) in [5, 5.41) is 15.0. The van der Waals surface area contributed by atoms with E-state index in [9.17, 15) is 19.7 Å². The van der Waals surface area contributed by atoms with E-state index in [2.05, 4.69) is 74.2 Å². The topological polar surface area (TPSA) is 120 Å². The maximum absolute atomic E-state index is 12.3. The summed E-state index contributed by atoms with van der Waals surface area (Å²) in [5.41, 5.74) is 2.98. The normalized spacial score (nSPS) is 10.8. The molecule has 36 heavy (non-hydrogen) atoms. The third-order valence-corrected chi connectivity index (χ3v) is 7.73. The van der Waals surface area contributed by atoms with Gasteiger partial charge in [0.25, 0.3) is 11.6 Å². The molecule has 0 bridgehead atoms. The monoisotopic (exact) mass is 765 g/mol. The predicted octanol–water partition coefficient (Wildman–Crippen LogP) is 7.05. The average Bonchev–Trinajstić information content (AvgIpc) is 2.84. The van der Waals surface area contributed by atoms with Crippen molar-refractivity contribution in [2.75, 3.05) is 6.61 Å². The minimum absolute atomic E-state index is 0.131. The summed E-state index contributed by atoms with van der Waals surface area (Å²) in [7, 11) is 0. The van der Waals surface area contributed by atoms with Gasteiger partial charge in [0.2, 0.25) is 0 Å². The number of esters is 1. The number of nitro benzene ring substituents is 1. The third kappa shape index (κ3) is 7.35. The molecule has 14 heteroatoms. The van der Waals surface area contributed by atoms with Gasteiger partial charge in [0.15, 0.2) is 6.61 Å². The number of halogens is 5. The van der Waals surface area contributed by atoms with E-state index < -0.39 is 16.8 Å². The number of non-ortho nitro benzene ring substituents is 1. The molecule has 0 radical (unpaired) electrons. The Bertz CT molecular complexity index is 1370. The summed E-state index contributed by atoms with van der Waals surface area (Å²) in [6.07, 6.45) is 1.40. The van der Waals surface area contributed by atoms with Crippen molar-refractivity contribution in [3.63, 3.8) is 0 Å². The van der Waals surface area contributed by atoms with Gasteiger partial charge in [-0.05, 0) is 106 Å². The average molecular weight is 769 g/mol. The molecule has 0 aromatic heterocycles. The first kappa shape index (κ1) is 28.3. The van der Waals surface area contributed by atoms with E-state index in [-0.39, 0.29) is 23.6 Å². The van der Waals surface area contributed by atoms with Crippen molar-refractivity contribution in [3.05, 3.63) is 92.7 Å². The number of rotatable bonds is 8. The molecule has 0 unspecified atom stereocenters. The minimum Gasteiger partial charge on any atom is -0.481 e. The van der Waals surface area contributed by atoms with Crippen LogP contribution in [0.15, 0.2) is 71.5 Å². The largest absolute Gasteiger partial charge is 0.481 e. The number of carbonyl (C=O) groups excluding carboxylic acids is 2. The Hall–Kier alpha value is -2.32. The second-order valence-corrected chi connectivity index (χ2v) is 10.5.